The lowest BCUT2D eigenvalue weighted by Crippen LogP contribution is -2.45. The van der Waals surface area contributed by atoms with Crippen molar-refractivity contribution in [2.75, 3.05) is 26.2 Å². The lowest BCUT2D eigenvalue weighted by Gasteiger charge is -2.36. The highest BCUT2D eigenvalue weighted by molar-refractivity contribution is 5.19. The van der Waals surface area contributed by atoms with E-state index in [1.807, 2.05) is 0 Å². The first kappa shape index (κ1) is 12.6. The van der Waals surface area contributed by atoms with Gasteiger partial charge in [0, 0.05) is 32.2 Å². The van der Waals surface area contributed by atoms with E-state index < -0.39 is 0 Å². The van der Waals surface area contributed by atoms with E-state index in [1.165, 1.54) is 25.1 Å². The smallest absolute Gasteiger partial charge is 0.0351 e. The molecule has 0 unspecified atom stereocenters. The van der Waals surface area contributed by atoms with Crippen LogP contribution >= 0.6 is 0 Å². The summed E-state index contributed by atoms with van der Waals surface area (Å²) < 4.78 is 0. The van der Waals surface area contributed by atoms with E-state index in [2.05, 4.69) is 54.4 Å². The summed E-state index contributed by atoms with van der Waals surface area (Å²) in [6, 6.07) is 11.6. The van der Waals surface area contributed by atoms with Gasteiger partial charge in [0.2, 0.25) is 0 Å². The lowest BCUT2D eigenvalue weighted by molar-refractivity contribution is 0.154. The Kier molecular flexibility index (Phi) is 4.57. The van der Waals surface area contributed by atoms with Gasteiger partial charge in [-0.25, -0.2) is 0 Å². The summed E-state index contributed by atoms with van der Waals surface area (Å²) in [5.41, 5.74) is 1.48. The molecule has 1 heterocycles. The monoisotopic (exact) mass is 232 g/mol. The van der Waals surface area contributed by atoms with Gasteiger partial charge in [-0.2, -0.15) is 0 Å². The minimum Gasteiger partial charge on any atom is -0.314 e. The van der Waals surface area contributed by atoms with Gasteiger partial charge in [0.25, 0.3) is 0 Å². The van der Waals surface area contributed by atoms with E-state index in [-0.39, 0.29) is 0 Å². The normalized spacial score (nSPS) is 19.5. The number of nitrogens with zero attached hydrogens (tertiary/aromatic N) is 1. The van der Waals surface area contributed by atoms with E-state index in [4.69, 9.17) is 0 Å². The molecular formula is C15H24N2. The van der Waals surface area contributed by atoms with Gasteiger partial charge in [-0.15, -0.1) is 0 Å². The van der Waals surface area contributed by atoms with Crippen molar-refractivity contribution < 1.29 is 0 Å². The summed E-state index contributed by atoms with van der Waals surface area (Å²) in [6.07, 6.45) is 1.25. The van der Waals surface area contributed by atoms with Crippen molar-refractivity contribution >= 4 is 0 Å². The van der Waals surface area contributed by atoms with Gasteiger partial charge in [-0.3, -0.25) is 4.90 Å². The van der Waals surface area contributed by atoms with Crippen LogP contribution in [0.15, 0.2) is 30.3 Å². The largest absolute Gasteiger partial charge is 0.314 e. The van der Waals surface area contributed by atoms with E-state index in [9.17, 15) is 0 Å². The van der Waals surface area contributed by atoms with Gasteiger partial charge in [0.1, 0.15) is 0 Å². The molecule has 2 nitrogen and oxygen atoms in total. The molecule has 0 aromatic heterocycles. The Balaban J connectivity index is 2.12. The molecule has 1 fully saturated rings. The van der Waals surface area contributed by atoms with Gasteiger partial charge in [-0.1, -0.05) is 44.2 Å². The third-order valence-electron chi connectivity index (χ3n) is 3.47. The molecule has 1 atom stereocenters. The van der Waals surface area contributed by atoms with Crippen LogP contribution in [0.5, 0.6) is 0 Å². The van der Waals surface area contributed by atoms with Crippen LogP contribution in [0.25, 0.3) is 0 Å². The van der Waals surface area contributed by atoms with Crippen LogP contribution in [0.4, 0.5) is 0 Å². The standard InChI is InChI=1S/C15H24N2/c1-13(2)12-15(14-6-4-3-5-7-14)17-10-8-16-9-11-17/h3-7,13,15-16H,8-12H2,1-2H3/t15-/m0/s1. The molecule has 17 heavy (non-hydrogen) atoms. The first-order valence-electron chi connectivity index (χ1n) is 6.77. The highest BCUT2D eigenvalue weighted by Crippen LogP contribution is 2.27. The Labute approximate surface area is 105 Å². The Morgan fingerprint density at radius 1 is 1.12 bits per heavy atom. The van der Waals surface area contributed by atoms with Crippen molar-refractivity contribution in [1.29, 1.82) is 0 Å². The molecule has 1 aromatic rings. The summed E-state index contributed by atoms with van der Waals surface area (Å²) in [6.45, 7) is 9.23. The molecule has 2 heteroatoms. The first-order valence-corrected chi connectivity index (χ1v) is 6.77. The molecule has 2 rings (SSSR count). The van der Waals surface area contributed by atoms with Crippen LogP contribution in [0.1, 0.15) is 31.9 Å². The number of hydrogen-bond acceptors (Lipinski definition) is 2. The number of benzene rings is 1. The number of nitrogens with one attached hydrogen (secondary N) is 1. The van der Waals surface area contributed by atoms with Crippen LogP contribution < -0.4 is 5.32 Å². The second-order valence-electron chi connectivity index (χ2n) is 5.34. The Morgan fingerprint density at radius 3 is 2.35 bits per heavy atom. The molecule has 1 aliphatic rings. The Bertz CT molecular complexity index is 315. The summed E-state index contributed by atoms with van der Waals surface area (Å²) >= 11 is 0. The molecule has 0 aliphatic carbocycles. The SMILES string of the molecule is CC(C)C[C@@H](c1ccccc1)N1CCNCC1. The molecule has 1 N–H and O–H groups in total. The quantitative estimate of drug-likeness (QED) is 0.858. The third-order valence-corrected chi connectivity index (χ3v) is 3.47. The first-order chi connectivity index (χ1) is 8.27. The molecule has 0 amide bonds. The van der Waals surface area contributed by atoms with Crippen molar-refractivity contribution in [2.45, 2.75) is 26.3 Å². The van der Waals surface area contributed by atoms with Crippen molar-refractivity contribution in [1.82, 2.24) is 10.2 Å². The average Bonchev–Trinajstić information content (AvgIpc) is 2.38. The summed E-state index contributed by atoms with van der Waals surface area (Å²) in [7, 11) is 0. The summed E-state index contributed by atoms with van der Waals surface area (Å²) in [4.78, 5) is 2.63. The van der Waals surface area contributed by atoms with Crippen molar-refractivity contribution in [3.63, 3.8) is 0 Å². The molecule has 0 saturated carbocycles. The molecule has 0 bridgehead atoms. The van der Waals surface area contributed by atoms with Crippen LogP contribution in [-0.2, 0) is 0 Å². The molecule has 1 aliphatic heterocycles. The zero-order valence-corrected chi connectivity index (χ0v) is 11.0. The highest BCUT2D eigenvalue weighted by Gasteiger charge is 2.22. The minimum atomic E-state index is 0.596. The third kappa shape index (κ3) is 3.55. The highest BCUT2D eigenvalue weighted by atomic mass is 15.2. The van der Waals surface area contributed by atoms with Gasteiger partial charge in [-0.05, 0) is 17.9 Å². The minimum absolute atomic E-state index is 0.596. The van der Waals surface area contributed by atoms with Crippen LogP contribution in [0.2, 0.25) is 0 Å². The van der Waals surface area contributed by atoms with Gasteiger partial charge >= 0.3 is 0 Å². The van der Waals surface area contributed by atoms with E-state index >= 15 is 0 Å². The maximum Gasteiger partial charge on any atom is 0.0351 e. The molecule has 1 aromatic carbocycles. The molecule has 94 valence electrons. The van der Waals surface area contributed by atoms with Crippen molar-refractivity contribution in [3.8, 4) is 0 Å². The molecule has 0 spiro atoms. The van der Waals surface area contributed by atoms with Gasteiger partial charge < -0.3 is 5.32 Å². The van der Waals surface area contributed by atoms with Crippen LogP contribution in [0.3, 0.4) is 0 Å². The van der Waals surface area contributed by atoms with E-state index in [1.54, 1.807) is 0 Å². The fourth-order valence-electron chi connectivity index (χ4n) is 2.61. The molecule has 0 radical (unpaired) electrons. The fraction of sp³-hybridized carbons (Fsp3) is 0.600. The number of rotatable bonds is 4. The van der Waals surface area contributed by atoms with Crippen molar-refractivity contribution in [2.24, 2.45) is 5.92 Å². The maximum absolute atomic E-state index is 3.43. The molecule has 1 saturated heterocycles. The number of piperazine rings is 1. The zero-order chi connectivity index (χ0) is 12.1. The Morgan fingerprint density at radius 2 is 1.76 bits per heavy atom. The molecular weight excluding hydrogens is 208 g/mol. The summed E-state index contributed by atoms with van der Waals surface area (Å²) in [5, 5.41) is 3.43. The van der Waals surface area contributed by atoms with Gasteiger partial charge in [0.05, 0.1) is 0 Å². The second-order valence-corrected chi connectivity index (χ2v) is 5.34. The Hall–Kier alpha value is -0.860. The maximum atomic E-state index is 3.43. The predicted octanol–water partition coefficient (Wildman–Crippen LogP) is 2.68. The average molecular weight is 232 g/mol. The summed E-state index contributed by atoms with van der Waals surface area (Å²) in [5.74, 6) is 0.745. The predicted molar refractivity (Wildman–Crippen MR) is 73.1 cm³/mol. The topological polar surface area (TPSA) is 15.3 Å². The van der Waals surface area contributed by atoms with Gasteiger partial charge in [0.15, 0.2) is 0 Å². The zero-order valence-electron chi connectivity index (χ0n) is 11.0. The fourth-order valence-corrected chi connectivity index (χ4v) is 2.61. The number of hydrogen-bond donors (Lipinski definition) is 1. The second kappa shape index (κ2) is 6.18. The van der Waals surface area contributed by atoms with E-state index in [0.29, 0.717) is 6.04 Å². The van der Waals surface area contributed by atoms with E-state index in [0.717, 1.165) is 19.0 Å². The van der Waals surface area contributed by atoms with Crippen molar-refractivity contribution in [3.05, 3.63) is 35.9 Å². The lowest BCUT2D eigenvalue weighted by atomic mass is 9.95. The van der Waals surface area contributed by atoms with Crippen LogP contribution in [0, 0.1) is 5.92 Å². The van der Waals surface area contributed by atoms with Crippen LogP contribution in [-0.4, -0.2) is 31.1 Å².